The van der Waals surface area contributed by atoms with Crippen molar-refractivity contribution in [1.29, 1.82) is 0 Å². The average Bonchev–Trinajstić information content (AvgIpc) is 2.69. The quantitative estimate of drug-likeness (QED) is 0.821. The molecule has 6 nitrogen and oxygen atoms in total. The van der Waals surface area contributed by atoms with Crippen molar-refractivity contribution in [2.24, 2.45) is 0 Å². The first-order chi connectivity index (χ1) is 9.11. The SMILES string of the molecule is Cc1cc(N)nc(CN2CCN3C(=O)CCC3C2)n1. The monoisotopic (exact) mass is 261 g/mol. The second-order valence-electron chi connectivity index (χ2n) is 5.37. The van der Waals surface area contributed by atoms with E-state index in [4.69, 9.17) is 5.73 Å². The number of nitrogen functional groups attached to an aromatic ring is 1. The van der Waals surface area contributed by atoms with Crippen molar-refractivity contribution >= 4 is 11.7 Å². The molecule has 3 heterocycles. The lowest BCUT2D eigenvalue weighted by molar-refractivity contribution is -0.130. The van der Waals surface area contributed by atoms with E-state index in [1.807, 2.05) is 11.8 Å². The van der Waals surface area contributed by atoms with Crippen LogP contribution in [0.1, 0.15) is 24.4 Å². The minimum absolute atomic E-state index is 0.306. The van der Waals surface area contributed by atoms with E-state index >= 15 is 0 Å². The summed E-state index contributed by atoms with van der Waals surface area (Å²) in [7, 11) is 0. The number of nitrogens with zero attached hydrogens (tertiary/aromatic N) is 4. The Kier molecular flexibility index (Phi) is 3.10. The van der Waals surface area contributed by atoms with Gasteiger partial charge in [-0.25, -0.2) is 9.97 Å². The van der Waals surface area contributed by atoms with Gasteiger partial charge in [-0.1, -0.05) is 0 Å². The maximum absolute atomic E-state index is 11.6. The van der Waals surface area contributed by atoms with Crippen LogP contribution in [-0.4, -0.2) is 51.4 Å². The van der Waals surface area contributed by atoms with E-state index in [2.05, 4.69) is 14.9 Å². The molecule has 2 fully saturated rings. The fourth-order valence-corrected chi connectivity index (χ4v) is 3.00. The molecule has 3 rings (SSSR count). The van der Waals surface area contributed by atoms with Crippen LogP contribution in [0.4, 0.5) is 5.82 Å². The molecule has 0 spiro atoms. The number of fused-ring (bicyclic) bond motifs is 1. The second-order valence-corrected chi connectivity index (χ2v) is 5.37. The summed E-state index contributed by atoms with van der Waals surface area (Å²) in [6.45, 7) is 5.27. The van der Waals surface area contributed by atoms with Gasteiger partial charge in [0.05, 0.1) is 6.54 Å². The molecule has 0 aliphatic carbocycles. The fourth-order valence-electron chi connectivity index (χ4n) is 3.00. The molecule has 1 atom stereocenters. The number of aromatic nitrogens is 2. The molecule has 0 radical (unpaired) electrons. The fraction of sp³-hybridized carbons (Fsp3) is 0.615. The van der Waals surface area contributed by atoms with Gasteiger partial charge in [0.1, 0.15) is 11.6 Å². The first kappa shape index (κ1) is 12.3. The Balaban J connectivity index is 1.66. The lowest BCUT2D eigenvalue weighted by Crippen LogP contribution is -2.51. The number of anilines is 1. The van der Waals surface area contributed by atoms with E-state index in [0.717, 1.165) is 37.6 Å². The maximum Gasteiger partial charge on any atom is 0.222 e. The van der Waals surface area contributed by atoms with E-state index in [-0.39, 0.29) is 0 Å². The number of amides is 1. The van der Waals surface area contributed by atoms with Crippen molar-refractivity contribution in [3.63, 3.8) is 0 Å². The molecule has 0 bridgehead atoms. The zero-order valence-corrected chi connectivity index (χ0v) is 11.2. The molecule has 1 unspecified atom stereocenters. The van der Waals surface area contributed by atoms with Gasteiger partial charge in [-0.2, -0.15) is 0 Å². The van der Waals surface area contributed by atoms with E-state index in [1.54, 1.807) is 6.07 Å². The second kappa shape index (κ2) is 4.77. The van der Waals surface area contributed by atoms with Crippen LogP contribution in [0.5, 0.6) is 0 Å². The first-order valence-electron chi connectivity index (χ1n) is 6.73. The average molecular weight is 261 g/mol. The Morgan fingerprint density at radius 3 is 3.05 bits per heavy atom. The predicted octanol–water partition coefficient (Wildman–Crippen LogP) is 0.174. The highest BCUT2D eigenvalue weighted by Gasteiger charge is 2.35. The molecule has 2 N–H and O–H groups in total. The summed E-state index contributed by atoms with van der Waals surface area (Å²) in [5.74, 6) is 1.60. The van der Waals surface area contributed by atoms with Gasteiger partial charge >= 0.3 is 0 Å². The number of nitrogens with two attached hydrogens (primary N) is 1. The number of piperazine rings is 1. The van der Waals surface area contributed by atoms with E-state index < -0.39 is 0 Å². The Hall–Kier alpha value is -1.69. The molecule has 6 heteroatoms. The third-order valence-corrected chi connectivity index (χ3v) is 3.86. The van der Waals surface area contributed by atoms with Gasteiger partial charge in [-0.15, -0.1) is 0 Å². The molecule has 102 valence electrons. The van der Waals surface area contributed by atoms with Crippen molar-refractivity contribution in [3.05, 3.63) is 17.6 Å². The molecule has 2 saturated heterocycles. The summed E-state index contributed by atoms with van der Waals surface area (Å²) in [6, 6.07) is 2.15. The van der Waals surface area contributed by atoms with Crippen molar-refractivity contribution in [1.82, 2.24) is 19.8 Å². The van der Waals surface area contributed by atoms with Gasteiger partial charge in [-0.3, -0.25) is 9.69 Å². The van der Waals surface area contributed by atoms with Gasteiger partial charge in [0.25, 0.3) is 0 Å². The Labute approximate surface area is 112 Å². The van der Waals surface area contributed by atoms with Gasteiger partial charge in [0.2, 0.25) is 5.91 Å². The first-order valence-corrected chi connectivity index (χ1v) is 6.73. The summed E-state index contributed by atoms with van der Waals surface area (Å²) < 4.78 is 0. The number of aryl methyl sites for hydroxylation is 1. The summed E-state index contributed by atoms with van der Waals surface area (Å²) in [5.41, 5.74) is 6.65. The largest absolute Gasteiger partial charge is 0.384 e. The van der Waals surface area contributed by atoms with Crippen LogP contribution in [0.2, 0.25) is 0 Å². The van der Waals surface area contributed by atoms with E-state index in [9.17, 15) is 4.79 Å². The predicted molar refractivity (Wildman–Crippen MR) is 71.2 cm³/mol. The highest BCUT2D eigenvalue weighted by atomic mass is 16.2. The summed E-state index contributed by atoms with van der Waals surface area (Å²) in [5, 5.41) is 0. The molecule has 19 heavy (non-hydrogen) atoms. The highest BCUT2D eigenvalue weighted by molar-refractivity contribution is 5.78. The Bertz CT molecular complexity index is 484. The van der Waals surface area contributed by atoms with Crippen LogP contribution in [0.3, 0.4) is 0 Å². The van der Waals surface area contributed by atoms with Gasteiger partial charge in [0, 0.05) is 43.9 Å². The lowest BCUT2D eigenvalue weighted by Gasteiger charge is -2.37. The molecule has 0 saturated carbocycles. The van der Waals surface area contributed by atoms with Gasteiger partial charge < -0.3 is 10.6 Å². The molecule has 2 aliphatic heterocycles. The standard InChI is InChI=1S/C13H19N5O/c1-9-6-11(14)16-12(15-9)8-17-4-5-18-10(7-17)2-3-13(18)19/h6,10H,2-5,7-8H2,1H3,(H2,14,15,16). The van der Waals surface area contributed by atoms with Crippen LogP contribution >= 0.6 is 0 Å². The summed E-state index contributed by atoms with van der Waals surface area (Å²) in [4.78, 5) is 24.6. The Morgan fingerprint density at radius 1 is 1.42 bits per heavy atom. The number of rotatable bonds is 2. The van der Waals surface area contributed by atoms with Crippen molar-refractivity contribution in [2.75, 3.05) is 25.4 Å². The molecule has 0 aromatic carbocycles. The van der Waals surface area contributed by atoms with Crippen molar-refractivity contribution in [2.45, 2.75) is 32.4 Å². The number of carbonyl (C=O) groups excluding carboxylic acids is 1. The zero-order valence-electron chi connectivity index (χ0n) is 11.2. The number of hydrogen-bond acceptors (Lipinski definition) is 5. The van der Waals surface area contributed by atoms with Gasteiger partial charge in [0.15, 0.2) is 0 Å². The maximum atomic E-state index is 11.6. The van der Waals surface area contributed by atoms with Crippen molar-refractivity contribution < 1.29 is 4.79 Å². The van der Waals surface area contributed by atoms with Crippen LogP contribution in [0.25, 0.3) is 0 Å². The highest BCUT2D eigenvalue weighted by Crippen LogP contribution is 2.23. The molecule has 1 amide bonds. The van der Waals surface area contributed by atoms with E-state index in [0.29, 0.717) is 30.7 Å². The normalized spacial score (nSPS) is 23.7. The molecule has 1 aromatic rings. The minimum atomic E-state index is 0.306. The molecule has 2 aliphatic rings. The van der Waals surface area contributed by atoms with Crippen molar-refractivity contribution in [3.8, 4) is 0 Å². The zero-order chi connectivity index (χ0) is 13.4. The van der Waals surface area contributed by atoms with Gasteiger partial charge in [-0.05, 0) is 13.3 Å². The third-order valence-electron chi connectivity index (χ3n) is 3.86. The lowest BCUT2D eigenvalue weighted by atomic mass is 10.1. The minimum Gasteiger partial charge on any atom is -0.384 e. The summed E-state index contributed by atoms with van der Waals surface area (Å²) >= 11 is 0. The smallest absolute Gasteiger partial charge is 0.222 e. The molecular formula is C13H19N5O. The van der Waals surface area contributed by atoms with E-state index in [1.165, 1.54) is 0 Å². The molecular weight excluding hydrogens is 242 g/mol. The number of carbonyl (C=O) groups is 1. The molecule has 1 aromatic heterocycles. The summed E-state index contributed by atoms with van der Waals surface area (Å²) in [6.07, 6.45) is 1.68. The topological polar surface area (TPSA) is 75.3 Å². The van der Waals surface area contributed by atoms with Crippen LogP contribution in [0.15, 0.2) is 6.07 Å². The third kappa shape index (κ3) is 2.53. The van der Waals surface area contributed by atoms with Crippen LogP contribution in [-0.2, 0) is 11.3 Å². The van der Waals surface area contributed by atoms with Crippen LogP contribution in [0, 0.1) is 6.92 Å². The Morgan fingerprint density at radius 2 is 2.26 bits per heavy atom. The van der Waals surface area contributed by atoms with Crippen LogP contribution < -0.4 is 5.73 Å². The number of hydrogen-bond donors (Lipinski definition) is 1.